The molecular formula is C18H11BrClN5O2. The van der Waals surface area contributed by atoms with Crippen molar-refractivity contribution in [2.45, 2.75) is 0 Å². The van der Waals surface area contributed by atoms with Crippen LogP contribution in [0.2, 0.25) is 5.02 Å². The Morgan fingerprint density at radius 1 is 1.15 bits per heavy atom. The molecule has 2 aromatic heterocycles. The second-order valence-corrected chi connectivity index (χ2v) is 7.06. The standard InChI is InChI=1S/C18H11BrClN5O2/c19-10-6-4-9(5-7-10)16-22-13(15(21)26)14-17(24-16)25(18(27)23-14)12-3-1-2-11(20)8-12/h1-8H,(H2,21,26)(H,23,27). The van der Waals surface area contributed by atoms with E-state index >= 15 is 0 Å². The number of halogens is 2. The average molecular weight is 445 g/mol. The zero-order valence-electron chi connectivity index (χ0n) is 13.6. The first-order valence-corrected chi connectivity index (χ1v) is 8.95. The Balaban J connectivity index is 2.06. The highest BCUT2D eigenvalue weighted by atomic mass is 79.9. The Bertz CT molecular complexity index is 1250. The van der Waals surface area contributed by atoms with Crippen LogP contribution < -0.4 is 11.4 Å². The van der Waals surface area contributed by atoms with Gasteiger partial charge in [-0.3, -0.25) is 4.79 Å². The van der Waals surface area contributed by atoms with Gasteiger partial charge in [-0.15, -0.1) is 0 Å². The summed E-state index contributed by atoms with van der Waals surface area (Å²) in [6, 6.07) is 14.0. The maximum absolute atomic E-state index is 12.6. The van der Waals surface area contributed by atoms with E-state index in [1.807, 2.05) is 12.1 Å². The van der Waals surface area contributed by atoms with Crippen molar-refractivity contribution in [2.75, 3.05) is 0 Å². The van der Waals surface area contributed by atoms with Crippen LogP contribution >= 0.6 is 27.5 Å². The minimum absolute atomic E-state index is 0.0594. The third-order valence-corrected chi connectivity index (χ3v) is 4.70. The Morgan fingerprint density at radius 3 is 2.56 bits per heavy atom. The molecule has 0 radical (unpaired) electrons. The van der Waals surface area contributed by atoms with Crippen molar-refractivity contribution < 1.29 is 4.79 Å². The number of nitrogens with two attached hydrogens (primary N) is 1. The van der Waals surface area contributed by atoms with Gasteiger partial charge >= 0.3 is 5.69 Å². The molecule has 0 bridgehead atoms. The summed E-state index contributed by atoms with van der Waals surface area (Å²) < 4.78 is 2.22. The lowest BCUT2D eigenvalue weighted by atomic mass is 10.2. The molecule has 0 spiro atoms. The van der Waals surface area contributed by atoms with E-state index in [0.29, 0.717) is 16.3 Å². The highest BCUT2D eigenvalue weighted by molar-refractivity contribution is 9.10. The number of aromatic amines is 1. The van der Waals surface area contributed by atoms with Crippen LogP contribution in [0.1, 0.15) is 10.5 Å². The van der Waals surface area contributed by atoms with E-state index in [1.54, 1.807) is 36.4 Å². The van der Waals surface area contributed by atoms with E-state index in [0.717, 1.165) is 4.47 Å². The number of carbonyl (C=O) groups excluding carboxylic acids is 1. The maximum atomic E-state index is 12.6. The molecule has 9 heteroatoms. The third-order valence-electron chi connectivity index (χ3n) is 3.94. The van der Waals surface area contributed by atoms with Crippen LogP contribution in [0.5, 0.6) is 0 Å². The van der Waals surface area contributed by atoms with Gasteiger partial charge in [0, 0.05) is 15.1 Å². The summed E-state index contributed by atoms with van der Waals surface area (Å²) in [6.45, 7) is 0. The summed E-state index contributed by atoms with van der Waals surface area (Å²) >= 11 is 9.42. The van der Waals surface area contributed by atoms with E-state index < -0.39 is 11.6 Å². The van der Waals surface area contributed by atoms with E-state index in [-0.39, 0.29) is 22.7 Å². The summed E-state index contributed by atoms with van der Waals surface area (Å²) in [5.41, 5.74) is 6.55. The van der Waals surface area contributed by atoms with Crippen molar-refractivity contribution in [3.05, 3.63) is 74.2 Å². The van der Waals surface area contributed by atoms with Crippen LogP contribution in [0.3, 0.4) is 0 Å². The monoisotopic (exact) mass is 443 g/mol. The average Bonchev–Trinajstić information content (AvgIpc) is 2.97. The maximum Gasteiger partial charge on any atom is 0.332 e. The first-order valence-electron chi connectivity index (χ1n) is 7.78. The molecule has 2 aromatic carbocycles. The number of primary amides is 1. The molecule has 0 aliphatic heterocycles. The Morgan fingerprint density at radius 2 is 1.89 bits per heavy atom. The minimum atomic E-state index is -0.764. The van der Waals surface area contributed by atoms with E-state index in [9.17, 15) is 9.59 Å². The van der Waals surface area contributed by atoms with E-state index in [2.05, 4.69) is 30.9 Å². The largest absolute Gasteiger partial charge is 0.364 e. The van der Waals surface area contributed by atoms with Gasteiger partial charge in [0.2, 0.25) is 0 Å². The van der Waals surface area contributed by atoms with Gasteiger partial charge in [-0.1, -0.05) is 45.7 Å². The molecule has 27 heavy (non-hydrogen) atoms. The van der Waals surface area contributed by atoms with E-state index in [1.165, 1.54) is 4.57 Å². The van der Waals surface area contributed by atoms with Crippen LogP contribution in [0.25, 0.3) is 28.2 Å². The van der Waals surface area contributed by atoms with Crippen LogP contribution in [0.4, 0.5) is 0 Å². The molecule has 0 saturated carbocycles. The molecule has 134 valence electrons. The van der Waals surface area contributed by atoms with Gasteiger partial charge in [-0.2, -0.15) is 0 Å². The topological polar surface area (TPSA) is 107 Å². The number of fused-ring (bicyclic) bond motifs is 1. The van der Waals surface area contributed by atoms with Gasteiger partial charge in [0.15, 0.2) is 17.2 Å². The van der Waals surface area contributed by atoms with Crippen molar-refractivity contribution in [3.8, 4) is 17.1 Å². The second kappa shape index (κ2) is 6.64. The quantitative estimate of drug-likeness (QED) is 0.505. The lowest BCUT2D eigenvalue weighted by Gasteiger charge is -2.07. The molecule has 4 aromatic rings. The first-order chi connectivity index (χ1) is 12.9. The Labute approximate surface area is 166 Å². The Kier molecular flexibility index (Phi) is 4.29. The van der Waals surface area contributed by atoms with Gasteiger partial charge in [-0.05, 0) is 30.3 Å². The second-order valence-electron chi connectivity index (χ2n) is 5.71. The number of nitrogens with zero attached hydrogens (tertiary/aromatic N) is 3. The van der Waals surface area contributed by atoms with Crippen LogP contribution in [-0.2, 0) is 0 Å². The van der Waals surface area contributed by atoms with Crippen molar-refractivity contribution in [2.24, 2.45) is 5.73 Å². The van der Waals surface area contributed by atoms with E-state index in [4.69, 9.17) is 17.3 Å². The predicted octanol–water partition coefficient (Wildman–Crippen LogP) is 3.29. The zero-order chi connectivity index (χ0) is 19.1. The number of amides is 1. The molecule has 0 fully saturated rings. The van der Waals surface area contributed by atoms with Crippen molar-refractivity contribution in [3.63, 3.8) is 0 Å². The minimum Gasteiger partial charge on any atom is -0.364 e. The molecule has 1 amide bonds. The van der Waals surface area contributed by atoms with Crippen LogP contribution in [0, 0.1) is 0 Å². The highest BCUT2D eigenvalue weighted by Gasteiger charge is 2.20. The smallest absolute Gasteiger partial charge is 0.332 e. The lowest BCUT2D eigenvalue weighted by Crippen LogP contribution is -2.15. The number of hydrogen-bond donors (Lipinski definition) is 2. The number of aromatic nitrogens is 4. The number of rotatable bonds is 3. The molecule has 4 rings (SSSR count). The first kappa shape index (κ1) is 17.4. The highest BCUT2D eigenvalue weighted by Crippen LogP contribution is 2.24. The SMILES string of the molecule is NC(=O)c1nc(-c2ccc(Br)cc2)nc2c1[nH]c(=O)n2-c1cccc(Cl)c1. The molecule has 7 nitrogen and oxygen atoms in total. The fraction of sp³-hybridized carbons (Fsp3) is 0. The van der Waals surface area contributed by atoms with Gasteiger partial charge in [0.1, 0.15) is 5.52 Å². The van der Waals surface area contributed by atoms with Gasteiger partial charge < -0.3 is 10.7 Å². The Hall–Kier alpha value is -2.97. The van der Waals surface area contributed by atoms with Gasteiger partial charge in [0.25, 0.3) is 5.91 Å². The molecule has 3 N–H and O–H groups in total. The van der Waals surface area contributed by atoms with Gasteiger partial charge in [-0.25, -0.2) is 19.3 Å². The summed E-state index contributed by atoms with van der Waals surface area (Å²) in [5.74, 6) is -0.487. The fourth-order valence-electron chi connectivity index (χ4n) is 2.75. The number of hydrogen-bond acceptors (Lipinski definition) is 4. The number of nitrogens with one attached hydrogen (secondary N) is 1. The number of imidazole rings is 1. The number of carbonyl (C=O) groups is 1. The third kappa shape index (κ3) is 3.13. The molecular weight excluding hydrogens is 434 g/mol. The summed E-state index contributed by atoms with van der Waals surface area (Å²) in [4.78, 5) is 35.9. The molecule has 0 saturated heterocycles. The van der Waals surface area contributed by atoms with Gasteiger partial charge in [0.05, 0.1) is 5.69 Å². The fourth-order valence-corrected chi connectivity index (χ4v) is 3.19. The number of benzene rings is 2. The number of H-pyrrole nitrogens is 1. The molecule has 0 atom stereocenters. The van der Waals surface area contributed by atoms with Crippen LogP contribution in [-0.4, -0.2) is 25.4 Å². The molecule has 0 aliphatic carbocycles. The predicted molar refractivity (Wildman–Crippen MR) is 106 cm³/mol. The summed E-state index contributed by atoms with van der Waals surface area (Å²) in [6.07, 6.45) is 0. The van der Waals surface area contributed by atoms with Crippen molar-refractivity contribution in [1.29, 1.82) is 0 Å². The summed E-state index contributed by atoms with van der Waals surface area (Å²) in [5, 5.41) is 0.464. The molecule has 0 unspecified atom stereocenters. The summed E-state index contributed by atoms with van der Waals surface area (Å²) in [7, 11) is 0. The zero-order valence-corrected chi connectivity index (χ0v) is 16.0. The molecule has 2 heterocycles. The normalized spacial score (nSPS) is 11.0. The van der Waals surface area contributed by atoms with Crippen molar-refractivity contribution >= 4 is 44.6 Å². The van der Waals surface area contributed by atoms with Crippen molar-refractivity contribution in [1.82, 2.24) is 19.5 Å². The molecule has 0 aliphatic rings. The lowest BCUT2D eigenvalue weighted by molar-refractivity contribution is 0.0997. The van der Waals surface area contributed by atoms with Crippen LogP contribution in [0.15, 0.2) is 57.8 Å².